The number of hydrogen-bond acceptors (Lipinski definition) is 1. The van der Waals surface area contributed by atoms with Gasteiger partial charge in [0, 0.05) is 12.5 Å². The van der Waals surface area contributed by atoms with E-state index in [0.29, 0.717) is 0 Å². The highest BCUT2D eigenvalue weighted by atomic mass is 14.6. The highest BCUT2D eigenvalue weighted by molar-refractivity contribution is 5.06. The lowest BCUT2D eigenvalue weighted by atomic mass is 9.93. The molecule has 13 heavy (non-hydrogen) atoms. The topological polar surface area (TPSA) is 26.0 Å². The first-order chi connectivity index (χ1) is 6.33. The zero-order chi connectivity index (χ0) is 9.52. The van der Waals surface area contributed by atoms with Crippen molar-refractivity contribution in [1.82, 2.24) is 0 Å². The van der Waals surface area contributed by atoms with E-state index < -0.39 is 0 Å². The highest BCUT2D eigenvalue weighted by Gasteiger charge is 2.08. The van der Waals surface area contributed by atoms with E-state index in [1.807, 2.05) is 0 Å². The van der Waals surface area contributed by atoms with Gasteiger partial charge in [0.15, 0.2) is 0 Å². The molecule has 0 radical (unpaired) electrons. The van der Waals surface area contributed by atoms with Gasteiger partial charge in [-0.15, -0.1) is 12.3 Å². The van der Waals surface area contributed by atoms with E-state index in [9.17, 15) is 0 Å². The van der Waals surface area contributed by atoms with Crippen molar-refractivity contribution >= 4 is 0 Å². The van der Waals surface area contributed by atoms with Gasteiger partial charge in [-0.3, -0.25) is 0 Å². The fourth-order valence-corrected chi connectivity index (χ4v) is 1.80. The lowest BCUT2D eigenvalue weighted by Crippen LogP contribution is -2.20. The lowest BCUT2D eigenvalue weighted by molar-refractivity contribution is 0.582. The van der Waals surface area contributed by atoms with Gasteiger partial charge in [-0.1, -0.05) is 11.6 Å². The molecule has 0 aromatic rings. The predicted molar refractivity (Wildman–Crippen MR) is 57.2 cm³/mol. The molecular weight excluding hydrogens is 158 g/mol. The van der Waals surface area contributed by atoms with Gasteiger partial charge in [0.25, 0.3) is 0 Å². The quantitative estimate of drug-likeness (QED) is 0.518. The Kier molecular flexibility index (Phi) is 4.64. The standard InChI is InChI=1S/C12H19N/c1-2-3-9-12(13)10-11-7-5-4-6-8-11/h1,7,12H,3-6,8-10,13H2. The lowest BCUT2D eigenvalue weighted by Gasteiger charge is -2.16. The summed E-state index contributed by atoms with van der Waals surface area (Å²) in [5.74, 6) is 2.64. The van der Waals surface area contributed by atoms with Gasteiger partial charge in [-0.05, 0) is 38.5 Å². The molecule has 2 N–H and O–H groups in total. The van der Waals surface area contributed by atoms with Crippen LogP contribution in [0.25, 0.3) is 0 Å². The molecule has 72 valence electrons. The molecule has 1 aliphatic carbocycles. The third-order valence-corrected chi connectivity index (χ3v) is 2.57. The van der Waals surface area contributed by atoms with Crippen LogP contribution in [-0.4, -0.2) is 6.04 Å². The summed E-state index contributed by atoms with van der Waals surface area (Å²) in [7, 11) is 0. The van der Waals surface area contributed by atoms with Gasteiger partial charge in [0.2, 0.25) is 0 Å². The zero-order valence-electron chi connectivity index (χ0n) is 8.26. The van der Waals surface area contributed by atoms with Crippen molar-refractivity contribution in [1.29, 1.82) is 0 Å². The normalized spacial score (nSPS) is 18.9. The van der Waals surface area contributed by atoms with Crippen LogP contribution in [0.3, 0.4) is 0 Å². The van der Waals surface area contributed by atoms with Crippen molar-refractivity contribution in [2.24, 2.45) is 5.73 Å². The average molecular weight is 177 g/mol. The molecule has 1 aliphatic rings. The van der Waals surface area contributed by atoms with Crippen molar-refractivity contribution in [3.63, 3.8) is 0 Å². The van der Waals surface area contributed by atoms with E-state index in [0.717, 1.165) is 19.3 Å². The fourth-order valence-electron chi connectivity index (χ4n) is 1.80. The second-order valence-corrected chi connectivity index (χ2v) is 3.82. The van der Waals surface area contributed by atoms with E-state index in [4.69, 9.17) is 12.2 Å². The third-order valence-electron chi connectivity index (χ3n) is 2.57. The van der Waals surface area contributed by atoms with Gasteiger partial charge in [0.1, 0.15) is 0 Å². The number of rotatable bonds is 4. The van der Waals surface area contributed by atoms with Crippen molar-refractivity contribution in [3.05, 3.63) is 11.6 Å². The molecule has 1 unspecified atom stereocenters. The molecule has 0 bridgehead atoms. The number of allylic oxidation sites excluding steroid dienone is 1. The van der Waals surface area contributed by atoms with E-state index in [2.05, 4.69) is 12.0 Å². The molecule has 0 aliphatic heterocycles. The van der Waals surface area contributed by atoms with Crippen LogP contribution in [0.2, 0.25) is 0 Å². The van der Waals surface area contributed by atoms with Crippen LogP contribution in [-0.2, 0) is 0 Å². The van der Waals surface area contributed by atoms with Crippen LogP contribution in [0.15, 0.2) is 11.6 Å². The maximum Gasteiger partial charge on any atom is 0.0101 e. The summed E-state index contributed by atoms with van der Waals surface area (Å²) in [6.07, 6.45) is 15.6. The van der Waals surface area contributed by atoms with Crippen molar-refractivity contribution in [2.45, 2.75) is 51.0 Å². The van der Waals surface area contributed by atoms with Crippen LogP contribution in [0.4, 0.5) is 0 Å². The molecule has 1 heteroatoms. The van der Waals surface area contributed by atoms with E-state index in [1.165, 1.54) is 25.7 Å². The Morgan fingerprint density at radius 2 is 2.38 bits per heavy atom. The molecular formula is C12H19N. The molecule has 0 saturated heterocycles. The first kappa shape index (κ1) is 10.3. The Bertz CT molecular complexity index is 210. The molecule has 0 amide bonds. The molecule has 1 nitrogen and oxygen atoms in total. The predicted octanol–water partition coefficient (Wildman–Crippen LogP) is 2.62. The molecule has 0 heterocycles. The Hall–Kier alpha value is -0.740. The molecule has 1 atom stereocenters. The van der Waals surface area contributed by atoms with Crippen LogP contribution in [0.5, 0.6) is 0 Å². The Balaban J connectivity index is 2.23. The van der Waals surface area contributed by atoms with Gasteiger partial charge in [0.05, 0.1) is 0 Å². The van der Waals surface area contributed by atoms with Crippen LogP contribution < -0.4 is 5.73 Å². The summed E-state index contributed by atoms with van der Waals surface area (Å²) >= 11 is 0. The minimum Gasteiger partial charge on any atom is -0.327 e. The van der Waals surface area contributed by atoms with Crippen LogP contribution >= 0.6 is 0 Å². The molecule has 0 aromatic carbocycles. The van der Waals surface area contributed by atoms with Crippen molar-refractivity contribution in [3.8, 4) is 12.3 Å². The number of hydrogen-bond donors (Lipinski definition) is 1. The first-order valence-electron chi connectivity index (χ1n) is 5.20. The zero-order valence-corrected chi connectivity index (χ0v) is 8.26. The molecule has 0 fully saturated rings. The summed E-state index contributed by atoms with van der Waals surface area (Å²) < 4.78 is 0. The molecule has 0 saturated carbocycles. The Labute approximate surface area is 81.4 Å². The molecule has 0 spiro atoms. The maximum absolute atomic E-state index is 5.95. The molecule has 1 rings (SSSR count). The van der Waals surface area contributed by atoms with Gasteiger partial charge in [-0.25, -0.2) is 0 Å². The Morgan fingerprint density at radius 3 is 3.00 bits per heavy atom. The summed E-state index contributed by atoms with van der Waals surface area (Å²) in [5, 5.41) is 0. The van der Waals surface area contributed by atoms with E-state index in [-0.39, 0.29) is 6.04 Å². The van der Waals surface area contributed by atoms with Gasteiger partial charge < -0.3 is 5.73 Å². The minimum atomic E-state index is 0.278. The van der Waals surface area contributed by atoms with Crippen molar-refractivity contribution in [2.75, 3.05) is 0 Å². The average Bonchev–Trinajstić information content (AvgIpc) is 2.16. The van der Waals surface area contributed by atoms with Crippen LogP contribution in [0, 0.1) is 12.3 Å². The summed E-state index contributed by atoms with van der Waals surface area (Å²) in [4.78, 5) is 0. The monoisotopic (exact) mass is 177 g/mol. The Morgan fingerprint density at radius 1 is 1.54 bits per heavy atom. The smallest absolute Gasteiger partial charge is 0.0101 e. The van der Waals surface area contributed by atoms with E-state index >= 15 is 0 Å². The SMILES string of the molecule is C#CCCC(N)CC1=CCCCC1. The van der Waals surface area contributed by atoms with E-state index in [1.54, 1.807) is 5.57 Å². The van der Waals surface area contributed by atoms with Gasteiger partial charge >= 0.3 is 0 Å². The summed E-state index contributed by atoms with van der Waals surface area (Å²) in [6.45, 7) is 0. The minimum absolute atomic E-state index is 0.278. The second kappa shape index (κ2) is 5.83. The molecule has 0 aromatic heterocycles. The van der Waals surface area contributed by atoms with Crippen LogP contribution in [0.1, 0.15) is 44.9 Å². The maximum atomic E-state index is 5.95. The summed E-state index contributed by atoms with van der Waals surface area (Å²) in [5.41, 5.74) is 7.51. The van der Waals surface area contributed by atoms with Gasteiger partial charge in [-0.2, -0.15) is 0 Å². The largest absolute Gasteiger partial charge is 0.327 e. The second-order valence-electron chi connectivity index (χ2n) is 3.82. The summed E-state index contributed by atoms with van der Waals surface area (Å²) in [6, 6.07) is 0.278. The third kappa shape index (κ3) is 4.15. The highest BCUT2D eigenvalue weighted by Crippen LogP contribution is 2.21. The fraction of sp³-hybridized carbons (Fsp3) is 0.667. The first-order valence-corrected chi connectivity index (χ1v) is 5.20. The van der Waals surface area contributed by atoms with Crippen molar-refractivity contribution < 1.29 is 0 Å². The number of terminal acetylenes is 1. The number of nitrogens with two attached hydrogens (primary N) is 1.